The molecule has 2 heterocycles. The van der Waals surface area contributed by atoms with Gasteiger partial charge in [-0.1, -0.05) is 0 Å². The van der Waals surface area contributed by atoms with Gasteiger partial charge in [0.1, 0.15) is 18.1 Å². The number of halogens is 1. The molecule has 2 N–H and O–H groups in total. The van der Waals surface area contributed by atoms with E-state index in [9.17, 15) is 4.79 Å². The number of aryl methyl sites for hydroxylation is 1. The van der Waals surface area contributed by atoms with E-state index in [1.165, 1.54) is 4.90 Å². The number of furan rings is 1. The summed E-state index contributed by atoms with van der Waals surface area (Å²) in [5, 5.41) is 6.53. The van der Waals surface area contributed by atoms with Gasteiger partial charge in [-0.25, -0.2) is 4.99 Å². The molecule has 9 heteroatoms. The molecule has 0 radical (unpaired) electrons. The molecule has 1 fully saturated rings. The second-order valence-electron chi connectivity index (χ2n) is 6.48. The Bertz CT molecular complexity index is 600. The Morgan fingerprint density at radius 3 is 2.56 bits per heavy atom. The number of morpholine rings is 1. The number of nitrogens with one attached hydrogen (secondary N) is 2. The zero-order valence-corrected chi connectivity index (χ0v) is 19.0. The number of carbonyl (C=O) groups is 1. The van der Waals surface area contributed by atoms with Crippen molar-refractivity contribution in [1.82, 2.24) is 20.4 Å². The van der Waals surface area contributed by atoms with Crippen LogP contribution in [0.3, 0.4) is 0 Å². The summed E-state index contributed by atoms with van der Waals surface area (Å²) < 4.78 is 11.3. The summed E-state index contributed by atoms with van der Waals surface area (Å²) in [6, 6.07) is 4.09. The maximum atomic E-state index is 11.8. The van der Waals surface area contributed by atoms with Crippen molar-refractivity contribution >= 4 is 35.8 Å². The number of hydrogen-bond donors (Lipinski definition) is 2. The summed E-state index contributed by atoms with van der Waals surface area (Å²) in [7, 11) is 3.46. The predicted octanol–water partition coefficient (Wildman–Crippen LogP) is 1.22. The lowest BCUT2D eigenvalue weighted by Crippen LogP contribution is -2.46. The molecule has 0 spiro atoms. The Hall–Kier alpha value is -1.33. The fourth-order valence-electron chi connectivity index (χ4n) is 2.75. The third kappa shape index (κ3) is 7.67. The van der Waals surface area contributed by atoms with Gasteiger partial charge >= 0.3 is 0 Å². The van der Waals surface area contributed by atoms with Crippen LogP contribution in [0.15, 0.2) is 21.5 Å². The van der Waals surface area contributed by atoms with E-state index in [1.807, 2.05) is 26.0 Å². The van der Waals surface area contributed by atoms with Crippen LogP contribution in [0.25, 0.3) is 0 Å². The van der Waals surface area contributed by atoms with E-state index in [2.05, 4.69) is 20.5 Å². The summed E-state index contributed by atoms with van der Waals surface area (Å²) in [6.45, 7) is 8.59. The van der Waals surface area contributed by atoms with Crippen molar-refractivity contribution in [1.29, 1.82) is 0 Å². The molecule has 1 saturated heterocycles. The monoisotopic (exact) mass is 493 g/mol. The molecule has 1 aromatic rings. The molecule has 0 saturated carbocycles. The van der Waals surface area contributed by atoms with Crippen molar-refractivity contribution in [3.05, 3.63) is 23.7 Å². The Morgan fingerprint density at radius 1 is 1.30 bits per heavy atom. The Labute approximate surface area is 178 Å². The molecule has 1 aromatic heterocycles. The first-order valence-corrected chi connectivity index (χ1v) is 9.11. The van der Waals surface area contributed by atoms with E-state index >= 15 is 0 Å². The molecule has 1 aliphatic heterocycles. The van der Waals surface area contributed by atoms with Crippen LogP contribution in [0.1, 0.15) is 24.5 Å². The minimum atomic E-state index is -0.0337. The average Bonchev–Trinajstić information content (AvgIpc) is 3.06. The van der Waals surface area contributed by atoms with Crippen LogP contribution in [0.5, 0.6) is 0 Å². The van der Waals surface area contributed by atoms with Gasteiger partial charge in [0, 0.05) is 40.3 Å². The molecule has 1 unspecified atom stereocenters. The lowest BCUT2D eigenvalue weighted by Gasteiger charge is -2.33. The highest BCUT2D eigenvalue weighted by Gasteiger charge is 2.25. The van der Waals surface area contributed by atoms with Gasteiger partial charge in [-0.15, -0.1) is 24.0 Å². The lowest BCUT2D eigenvalue weighted by molar-refractivity contribution is -0.127. The normalized spacial score (nSPS) is 16.4. The number of likely N-dealkylation sites (N-methyl/N-ethyl adjacent to an activating group) is 1. The summed E-state index contributed by atoms with van der Waals surface area (Å²) in [4.78, 5) is 20.1. The van der Waals surface area contributed by atoms with Crippen molar-refractivity contribution < 1.29 is 13.9 Å². The van der Waals surface area contributed by atoms with Crippen LogP contribution in [0.2, 0.25) is 0 Å². The van der Waals surface area contributed by atoms with Gasteiger partial charge in [0.05, 0.1) is 19.3 Å². The molecule has 0 aromatic carbocycles. The van der Waals surface area contributed by atoms with Gasteiger partial charge in [0.2, 0.25) is 5.91 Å². The van der Waals surface area contributed by atoms with Crippen molar-refractivity contribution in [2.24, 2.45) is 4.99 Å². The third-order valence-electron chi connectivity index (χ3n) is 4.25. The van der Waals surface area contributed by atoms with Crippen LogP contribution in [0.4, 0.5) is 0 Å². The van der Waals surface area contributed by atoms with E-state index < -0.39 is 0 Å². The molecule has 2 rings (SSSR count). The molecule has 0 bridgehead atoms. The molecule has 1 amide bonds. The standard InChI is InChI=1S/C18H31N5O3.HI/c1-5-19-18(21-13-17(24)22(3)4)20-12-15(16-7-6-14(2)26-16)23-8-10-25-11-9-23;/h6-7,15H,5,8-13H2,1-4H3,(H2,19,20,21);1H. The third-order valence-corrected chi connectivity index (χ3v) is 4.25. The van der Waals surface area contributed by atoms with Crippen molar-refractivity contribution in [2.45, 2.75) is 19.9 Å². The Balaban J connectivity index is 0.00000364. The lowest BCUT2D eigenvalue weighted by atomic mass is 10.1. The fourth-order valence-corrected chi connectivity index (χ4v) is 2.75. The molecular formula is C18H32IN5O3. The first kappa shape index (κ1) is 23.7. The van der Waals surface area contributed by atoms with E-state index in [4.69, 9.17) is 9.15 Å². The quantitative estimate of drug-likeness (QED) is 0.338. The van der Waals surface area contributed by atoms with E-state index in [0.29, 0.717) is 12.5 Å². The largest absolute Gasteiger partial charge is 0.465 e. The smallest absolute Gasteiger partial charge is 0.243 e. The van der Waals surface area contributed by atoms with Crippen LogP contribution in [-0.4, -0.2) is 81.7 Å². The van der Waals surface area contributed by atoms with Gasteiger partial charge < -0.3 is 24.7 Å². The summed E-state index contributed by atoms with van der Waals surface area (Å²) >= 11 is 0. The van der Waals surface area contributed by atoms with Gasteiger partial charge in [0.25, 0.3) is 0 Å². The minimum Gasteiger partial charge on any atom is -0.465 e. The second kappa shape index (κ2) is 12.2. The highest BCUT2D eigenvalue weighted by Crippen LogP contribution is 2.23. The molecular weight excluding hydrogens is 461 g/mol. The molecule has 1 aliphatic rings. The first-order chi connectivity index (χ1) is 12.5. The molecule has 27 heavy (non-hydrogen) atoms. The minimum absolute atomic E-state index is 0. The zero-order chi connectivity index (χ0) is 18.9. The maximum Gasteiger partial charge on any atom is 0.243 e. The van der Waals surface area contributed by atoms with Gasteiger partial charge in [-0.05, 0) is 26.0 Å². The van der Waals surface area contributed by atoms with Gasteiger partial charge in [0.15, 0.2) is 5.96 Å². The zero-order valence-electron chi connectivity index (χ0n) is 16.7. The fraction of sp³-hybridized carbons (Fsp3) is 0.667. The van der Waals surface area contributed by atoms with Crippen LogP contribution >= 0.6 is 24.0 Å². The molecule has 8 nitrogen and oxygen atoms in total. The highest BCUT2D eigenvalue weighted by molar-refractivity contribution is 14.0. The van der Waals surface area contributed by atoms with E-state index in [0.717, 1.165) is 44.4 Å². The molecule has 154 valence electrons. The van der Waals surface area contributed by atoms with Crippen LogP contribution < -0.4 is 10.6 Å². The summed E-state index contributed by atoms with van der Waals surface area (Å²) in [5.74, 6) is 2.42. The first-order valence-electron chi connectivity index (χ1n) is 9.11. The number of hydrogen-bond acceptors (Lipinski definition) is 5. The molecule has 0 aliphatic carbocycles. The van der Waals surface area contributed by atoms with Gasteiger partial charge in [-0.2, -0.15) is 0 Å². The topological polar surface area (TPSA) is 82.3 Å². The number of carbonyl (C=O) groups excluding carboxylic acids is 1. The number of ether oxygens (including phenoxy) is 1. The Morgan fingerprint density at radius 2 is 2.00 bits per heavy atom. The SMILES string of the molecule is CCNC(=NCC(=O)N(C)C)NCC(c1ccc(C)o1)N1CCOCC1.I. The number of nitrogens with zero attached hydrogens (tertiary/aromatic N) is 3. The summed E-state index contributed by atoms with van der Waals surface area (Å²) in [5.41, 5.74) is 0. The van der Waals surface area contributed by atoms with Crippen molar-refractivity contribution in [3.8, 4) is 0 Å². The molecule has 1 atom stereocenters. The number of aliphatic imine (C=N–C) groups is 1. The highest BCUT2D eigenvalue weighted by atomic mass is 127. The van der Waals surface area contributed by atoms with Crippen LogP contribution in [-0.2, 0) is 9.53 Å². The maximum absolute atomic E-state index is 11.8. The van der Waals surface area contributed by atoms with Gasteiger partial charge in [-0.3, -0.25) is 9.69 Å². The number of rotatable bonds is 7. The Kier molecular flexibility index (Phi) is 10.7. The number of amides is 1. The number of guanidine groups is 1. The van der Waals surface area contributed by atoms with E-state index in [-0.39, 0.29) is 42.5 Å². The van der Waals surface area contributed by atoms with Crippen molar-refractivity contribution in [2.75, 3.05) is 60.0 Å². The van der Waals surface area contributed by atoms with Crippen LogP contribution in [0, 0.1) is 6.92 Å². The summed E-state index contributed by atoms with van der Waals surface area (Å²) in [6.07, 6.45) is 0. The second-order valence-corrected chi connectivity index (χ2v) is 6.48. The average molecular weight is 493 g/mol. The predicted molar refractivity (Wildman–Crippen MR) is 117 cm³/mol. The van der Waals surface area contributed by atoms with Crippen molar-refractivity contribution in [3.63, 3.8) is 0 Å². The van der Waals surface area contributed by atoms with E-state index in [1.54, 1.807) is 14.1 Å².